The van der Waals surface area contributed by atoms with Crippen LogP contribution in [0.4, 0.5) is 5.69 Å². The van der Waals surface area contributed by atoms with Gasteiger partial charge in [0.05, 0.1) is 0 Å². The van der Waals surface area contributed by atoms with E-state index in [0.29, 0.717) is 5.92 Å². The van der Waals surface area contributed by atoms with E-state index in [1.165, 1.54) is 28.9 Å². The molecule has 1 saturated heterocycles. The standard InChI is InChI=1S/C20H17NO/c1-13-6-8-15(9-7-13)21-12-14-11-20(14)17-5-3-2-4-16(17)18(22)10-19(20)21/h2-10,14H,11-12H2,1H3/t14-,20-/m1/s1. The van der Waals surface area contributed by atoms with Crippen molar-refractivity contribution < 1.29 is 4.79 Å². The molecule has 0 N–H and O–H groups in total. The van der Waals surface area contributed by atoms with E-state index in [1.54, 1.807) is 0 Å². The molecule has 2 heteroatoms. The number of benzene rings is 2. The van der Waals surface area contributed by atoms with Crippen molar-refractivity contribution in [2.75, 3.05) is 11.4 Å². The van der Waals surface area contributed by atoms with Crippen LogP contribution in [-0.2, 0) is 5.41 Å². The number of aryl methyl sites for hydroxylation is 1. The molecule has 3 aliphatic rings. The molecule has 2 fully saturated rings. The molecule has 1 heterocycles. The number of hydrogen-bond acceptors (Lipinski definition) is 2. The van der Waals surface area contributed by atoms with E-state index in [9.17, 15) is 4.79 Å². The summed E-state index contributed by atoms with van der Waals surface area (Å²) in [5.74, 6) is 0.801. The lowest BCUT2D eigenvalue weighted by atomic mass is 9.81. The van der Waals surface area contributed by atoms with Crippen molar-refractivity contribution >= 4 is 11.5 Å². The minimum Gasteiger partial charge on any atom is -0.344 e. The van der Waals surface area contributed by atoms with Gasteiger partial charge >= 0.3 is 0 Å². The number of carbonyl (C=O) groups is 1. The maximum atomic E-state index is 12.5. The van der Waals surface area contributed by atoms with Gasteiger partial charge in [0.25, 0.3) is 0 Å². The first-order valence-electron chi connectivity index (χ1n) is 7.90. The number of nitrogens with zero attached hydrogens (tertiary/aromatic N) is 1. The number of ketones is 1. The zero-order chi connectivity index (χ0) is 14.9. The Bertz CT molecular complexity index is 833. The topological polar surface area (TPSA) is 20.3 Å². The highest BCUT2D eigenvalue weighted by atomic mass is 16.1. The zero-order valence-electron chi connectivity index (χ0n) is 12.5. The van der Waals surface area contributed by atoms with E-state index in [4.69, 9.17) is 0 Å². The van der Waals surface area contributed by atoms with Gasteiger partial charge in [0.2, 0.25) is 0 Å². The highest BCUT2D eigenvalue weighted by Gasteiger charge is 2.66. The normalized spacial score (nSPS) is 27.9. The Kier molecular flexibility index (Phi) is 2.16. The van der Waals surface area contributed by atoms with Gasteiger partial charge in [-0.3, -0.25) is 4.79 Å². The van der Waals surface area contributed by atoms with Crippen molar-refractivity contribution in [1.29, 1.82) is 0 Å². The van der Waals surface area contributed by atoms with E-state index in [2.05, 4.69) is 48.2 Å². The van der Waals surface area contributed by atoms with Gasteiger partial charge in [-0.25, -0.2) is 0 Å². The smallest absolute Gasteiger partial charge is 0.187 e. The van der Waals surface area contributed by atoms with Crippen LogP contribution < -0.4 is 4.90 Å². The van der Waals surface area contributed by atoms with Crippen LogP contribution in [0.1, 0.15) is 27.9 Å². The maximum absolute atomic E-state index is 12.5. The Morgan fingerprint density at radius 2 is 1.86 bits per heavy atom. The fraction of sp³-hybridized carbons (Fsp3) is 0.250. The van der Waals surface area contributed by atoms with Gasteiger partial charge in [-0.2, -0.15) is 0 Å². The molecule has 0 amide bonds. The number of rotatable bonds is 1. The summed E-state index contributed by atoms with van der Waals surface area (Å²) in [6.07, 6.45) is 3.07. The van der Waals surface area contributed by atoms with Crippen LogP contribution in [0.25, 0.3) is 0 Å². The first-order valence-corrected chi connectivity index (χ1v) is 7.90. The molecule has 0 unspecified atom stereocenters. The predicted octanol–water partition coefficient (Wildman–Crippen LogP) is 3.85. The van der Waals surface area contributed by atoms with E-state index >= 15 is 0 Å². The molecule has 1 saturated carbocycles. The third-order valence-corrected chi connectivity index (χ3v) is 5.54. The van der Waals surface area contributed by atoms with Crippen LogP contribution in [-0.4, -0.2) is 12.3 Å². The Balaban J connectivity index is 1.66. The van der Waals surface area contributed by atoms with Crippen LogP contribution in [0.5, 0.6) is 0 Å². The van der Waals surface area contributed by atoms with Crippen LogP contribution in [0.3, 0.4) is 0 Å². The summed E-state index contributed by atoms with van der Waals surface area (Å²) < 4.78 is 0. The van der Waals surface area contributed by atoms with Gasteiger partial charge in [-0.1, -0.05) is 42.0 Å². The van der Waals surface area contributed by atoms with E-state index in [0.717, 1.165) is 12.1 Å². The molecule has 1 aliphatic heterocycles. The first kappa shape index (κ1) is 12.2. The van der Waals surface area contributed by atoms with E-state index in [-0.39, 0.29) is 11.2 Å². The lowest BCUT2D eigenvalue weighted by Gasteiger charge is -2.30. The zero-order valence-corrected chi connectivity index (χ0v) is 12.5. The molecule has 2 nitrogen and oxygen atoms in total. The Morgan fingerprint density at radius 1 is 1.09 bits per heavy atom. The summed E-state index contributed by atoms with van der Waals surface area (Å²) in [5.41, 5.74) is 5.94. The van der Waals surface area contributed by atoms with Crippen molar-refractivity contribution in [3.63, 3.8) is 0 Å². The highest BCUT2D eigenvalue weighted by molar-refractivity contribution is 6.09. The molecule has 0 bridgehead atoms. The van der Waals surface area contributed by atoms with Crippen molar-refractivity contribution in [2.45, 2.75) is 18.8 Å². The summed E-state index contributed by atoms with van der Waals surface area (Å²) in [6.45, 7) is 3.13. The van der Waals surface area contributed by atoms with E-state index < -0.39 is 0 Å². The molecule has 2 aliphatic carbocycles. The SMILES string of the molecule is Cc1ccc(N2C[C@H]3C[C@@]34C2=CC(=O)c2ccccc24)cc1. The van der Waals surface area contributed by atoms with Crippen molar-refractivity contribution in [2.24, 2.45) is 5.92 Å². The number of fused-ring (bicyclic) bond motifs is 1. The molecular weight excluding hydrogens is 270 g/mol. The number of hydrogen-bond donors (Lipinski definition) is 0. The number of piperidine rings is 1. The number of allylic oxidation sites excluding steroid dienone is 2. The molecule has 2 aromatic carbocycles. The molecule has 22 heavy (non-hydrogen) atoms. The molecule has 1 spiro atoms. The summed E-state index contributed by atoms with van der Waals surface area (Å²) in [6, 6.07) is 16.8. The lowest BCUT2D eigenvalue weighted by molar-refractivity contribution is 0.104. The molecule has 0 aromatic heterocycles. The third-order valence-electron chi connectivity index (χ3n) is 5.54. The number of anilines is 1. The van der Waals surface area contributed by atoms with Crippen LogP contribution >= 0.6 is 0 Å². The molecule has 0 radical (unpaired) electrons. The fourth-order valence-corrected chi connectivity index (χ4v) is 4.36. The van der Waals surface area contributed by atoms with Crippen molar-refractivity contribution in [1.82, 2.24) is 0 Å². The Labute approximate surface area is 130 Å². The Morgan fingerprint density at radius 3 is 2.68 bits per heavy atom. The minimum absolute atomic E-state index is 0.107. The van der Waals surface area contributed by atoms with Gasteiger partial charge in [0, 0.05) is 35.0 Å². The second kappa shape index (κ2) is 3.89. The molecule has 5 rings (SSSR count). The lowest BCUT2D eigenvalue weighted by Crippen LogP contribution is -2.28. The summed E-state index contributed by atoms with van der Waals surface area (Å²) >= 11 is 0. The summed E-state index contributed by atoms with van der Waals surface area (Å²) in [5, 5.41) is 0. The van der Waals surface area contributed by atoms with Gasteiger partial charge < -0.3 is 4.90 Å². The molecular formula is C20H17NO. The van der Waals surface area contributed by atoms with E-state index in [1.807, 2.05) is 18.2 Å². The Hall–Kier alpha value is -2.35. The second-order valence-corrected chi connectivity index (χ2v) is 6.76. The summed E-state index contributed by atoms with van der Waals surface area (Å²) in [4.78, 5) is 14.9. The van der Waals surface area contributed by atoms with Gasteiger partial charge in [-0.05, 0) is 37.0 Å². The minimum atomic E-state index is 0.107. The van der Waals surface area contributed by atoms with Crippen LogP contribution in [0.2, 0.25) is 0 Å². The fourth-order valence-electron chi connectivity index (χ4n) is 4.36. The van der Waals surface area contributed by atoms with Crippen molar-refractivity contribution in [3.8, 4) is 0 Å². The number of carbonyl (C=O) groups excluding carboxylic acids is 1. The van der Waals surface area contributed by atoms with Gasteiger partial charge in [0.1, 0.15) is 0 Å². The quantitative estimate of drug-likeness (QED) is 0.794. The third kappa shape index (κ3) is 1.38. The maximum Gasteiger partial charge on any atom is 0.187 e. The van der Waals surface area contributed by atoms with Crippen LogP contribution in [0.15, 0.2) is 60.3 Å². The van der Waals surface area contributed by atoms with Crippen LogP contribution in [0, 0.1) is 12.8 Å². The predicted molar refractivity (Wildman–Crippen MR) is 87.2 cm³/mol. The monoisotopic (exact) mass is 287 g/mol. The molecule has 2 aromatic rings. The largest absolute Gasteiger partial charge is 0.344 e. The average Bonchev–Trinajstić information content (AvgIpc) is 3.17. The second-order valence-electron chi connectivity index (χ2n) is 6.76. The highest BCUT2D eigenvalue weighted by Crippen LogP contribution is 2.66. The molecule has 108 valence electrons. The van der Waals surface area contributed by atoms with Gasteiger partial charge in [0.15, 0.2) is 5.78 Å². The first-order chi connectivity index (χ1) is 10.7. The van der Waals surface area contributed by atoms with Crippen molar-refractivity contribution in [3.05, 3.63) is 77.0 Å². The molecule has 2 atom stereocenters. The summed E-state index contributed by atoms with van der Waals surface area (Å²) in [7, 11) is 0. The van der Waals surface area contributed by atoms with Gasteiger partial charge in [-0.15, -0.1) is 0 Å². The average molecular weight is 287 g/mol.